The highest BCUT2D eigenvalue weighted by atomic mass is 32.1. The maximum atomic E-state index is 13.1. The minimum atomic E-state index is -4.18. The van der Waals surface area contributed by atoms with Crippen molar-refractivity contribution in [3.63, 3.8) is 0 Å². The lowest BCUT2D eigenvalue weighted by Gasteiger charge is -2.47. The van der Waals surface area contributed by atoms with Crippen molar-refractivity contribution in [3.05, 3.63) is 11.3 Å². The molecule has 0 amide bonds. The third-order valence-electron chi connectivity index (χ3n) is 4.30. The fourth-order valence-corrected chi connectivity index (χ4v) is 3.97. The average Bonchev–Trinajstić information content (AvgIpc) is 2.24. The van der Waals surface area contributed by atoms with E-state index in [1.165, 1.54) is 0 Å². The first-order valence-corrected chi connectivity index (χ1v) is 6.60. The Kier molecular flexibility index (Phi) is 3.40. The van der Waals surface area contributed by atoms with Gasteiger partial charge in [-0.2, -0.15) is 25.8 Å². The van der Waals surface area contributed by atoms with Crippen LogP contribution in [0.15, 0.2) is 11.3 Å². The number of fused-ring (bicyclic) bond motifs is 2. The molecule has 1 nitrogen and oxygen atoms in total. The smallest absolute Gasteiger partial charge is 0.393 e. The van der Waals surface area contributed by atoms with E-state index in [0.717, 1.165) is 18.4 Å². The standard InChI is InChI=1S/C12H17F3OS/c13-12(14,15)10(7-17)11-4-1-2-8(6-11)9(16)3-5-11/h10,16-17H,1-7H2. The SMILES string of the molecule is OC1=C2CCCC(C(CS)C(F)(F)F)(CC1)C2. The van der Waals surface area contributed by atoms with Crippen LogP contribution in [-0.4, -0.2) is 17.0 Å². The molecule has 0 spiro atoms. The summed E-state index contributed by atoms with van der Waals surface area (Å²) in [5, 5.41) is 9.67. The van der Waals surface area contributed by atoms with Gasteiger partial charge in [0.25, 0.3) is 0 Å². The zero-order valence-electron chi connectivity index (χ0n) is 9.56. The van der Waals surface area contributed by atoms with E-state index in [2.05, 4.69) is 12.6 Å². The van der Waals surface area contributed by atoms with Crippen LogP contribution >= 0.6 is 12.6 Å². The summed E-state index contributed by atoms with van der Waals surface area (Å²) in [5.41, 5.74) is 0.137. The van der Waals surface area contributed by atoms with Gasteiger partial charge in [0.15, 0.2) is 0 Å². The van der Waals surface area contributed by atoms with Crippen molar-refractivity contribution in [1.82, 2.24) is 0 Å². The summed E-state index contributed by atoms with van der Waals surface area (Å²) in [6.45, 7) is 0. The van der Waals surface area contributed by atoms with E-state index in [-0.39, 0.29) is 5.75 Å². The first-order chi connectivity index (χ1) is 7.89. The Morgan fingerprint density at radius 2 is 2.00 bits per heavy atom. The number of hydrogen-bond donors (Lipinski definition) is 2. The van der Waals surface area contributed by atoms with E-state index in [1.54, 1.807) is 0 Å². The van der Waals surface area contributed by atoms with Crippen molar-refractivity contribution >= 4 is 12.6 Å². The molecule has 5 heteroatoms. The van der Waals surface area contributed by atoms with Crippen molar-refractivity contribution in [2.24, 2.45) is 11.3 Å². The summed E-state index contributed by atoms with van der Waals surface area (Å²) in [6.07, 6.45) is -0.831. The van der Waals surface area contributed by atoms with Crippen molar-refractivity contribution in [2.75, 3.05) is 5.75 Å². The van der Waals surface area contributed by atoms with Gasteiger partial charge in [-0.3, -0.25) is 0 Å². The predicted octanol–water partition coefficient (Wildman–Crippen LogP) is 4.26. The molecule has 0 aliphatic heterocycles. The van der Waals surface area contributed by atoms with E-state index in [0.29, 0.717) is 31.4 Å². The molecule has 2 unspecified atom stereocenters. The second-order valence-electron chi connectivity index (χ2n) is 5.22. The summed E-state index contributed by atoms with van der Waals surface area (Å²) < 4.78 is 39.2. The molecule has 2 bridgehead atoms. The number of aliphatic hydroxyl groups excluding tert-OH is 1. The van der Waals surface area contributed by atoms with Crippen molar-refractivity contribution in [3.8, 4) is 0 Å². The largest absolute Gasteiger partial charge is 0.512 e. The predicted molar refractivity (Wildman–Crippen MR) is 63.2 cm³/mol. The zero-order valence-corrected chi connectivity index (χ0v) is 10.4. The Labute approximate surface area is 104 Å². The van der Waals surface area contributed by atoms with Crippen LogP contribution in [0.25, 0.3) is 0 Å². The summed E-state index contributed by atoms with van der Waals surface area (Å²) in [5.74, 6) is -1.17. The summed E-state index contributed by atoms with van der Waals surface area (Å²) >= 11 is 3.90. The quantitative estimate of drug-likeness (QED) is 0.715. The molecule has 0 aromatic rings. The third-order valence-corrected chi connectivity index (χ3v) is 4.67. The maximum absolute atomic E-state index is 13.1. The van der Waals surface area contributed by atoms with Gasteiger partial charge in [-0.1, -0.05) is 0 Å². The van der Waals surface area contributed by atoms with E-state index < -0.39 is 17.5 Å². The summed E-state index contributed by atoms with van der Waals surface area (Å²) in [7, 11) is 0. The molecule has 2 aliphatic rings. The second kappa shape index (κ2) is 4.41. The monoisotopic (exact) mass is 266 g/mol. The minimum absolute atomic E-state index is 0.155. The van der Waals surface area contributed by atoms with Gasteiger partial charge in [0, 0.05) is 12.2 Å². The Morgan fingerprint density at radius 1 is 1.29 bits per heavy atom. The van der Waals surface area contributed by atoms with Crippen LogP contribution in [-0.2, 0) is 0 Å². The number of halogens is 3. The van der Waals surface area contributed by atoms with Crippen molar-refractivity contribution in [2.45, 2.75) is 44.7 Å². The first-order valence-electron chi connectivity index (χ1n) is 5.96. The topological polar surface area (TPSA) is 20.2 Å². The highest BCUT2D eigenvalue weighted by Gasteiger charge is 2.54. The van der Waals surface area contributed by atoms with Gasteiger partial charge in [0.2, 0.25) is 0 Å². The van der Waals surface area contributed by atoms with Crippen LogP contribution in [0.1, 0.15) is 38.5 Å². The van der Waals surface area contributed by atoms with Gasteiger partial charge in [-0.15, -0.1) is 0 Å². The van der Waals surface area contributed by atoms with E-state index in [9.17, 15) is 18.3 Å². The molecule has 98 valence electrons. The molecule has 2 rings (SSSR count). The highest BCUT2D eigenvalue weighted by Crippen LogP contribution is 2.56. The normalized spacial score (nSPS) is 31.5. The Morgan fingerprint density at radius 3 is 2.59 bits per heavy atom. The number of hydrogen-bond acceptors (Lipinski definition) is 2. The average molecular weight is 266 g/mol. The number of aliphatic hydroxyl groups is 1. The van der Waals surface area contributed by atoms with Crippen LogP contribution < -0.4 is 0 Å². The second-order valence-corrected chi connectivity index (χ2v) is 5.58. The number of rotatable bonds is 2. The van der Waals surface area contributed by atoms with Gasteiger partial charge >= 0.3 is 6.18 Å². The zero-order chi connectivity index (χ0) is 12.7. The molecule has 17 heavy (non-hydrogen) atoms. The van der Waals surface area contributed by atoms with Gasteiger partial charge in [0.1, 0.15) is 0 Å². The molecule has 1 N–H and O–H groups in total. The van der Waals surface area contributed by atoms with Crippen LogP contribution in [0.5, 0.6) is 0 Å². The van der Waals surface area contributed by atoms with Crippen LogP contribution in [0.3, 0.4) is 0 Å². The minimum Gasteiger partial charge on any atom is -0.512 e. The fraction of sp³-hybridized carbons (Fsp3) is 0.833. The molecule has 0 heterocycles. The molecular formula is C12H17F3OS. The Hall–Kier alpha value is -0.320. The van der Waals surface area contributed by atoms with Gasteiger partial charge in [-0.05, 0) is 43.1 Å². The number of thiol groups is 1. The van der Waals surface area contributed by atoms with Crippen LogP contribution in [0, 0.1) is 11.3 Å². The fourth-order valence-electron chi connectivity index (χ4n) is 3.38. The summed E-state index contributed by atoms with van der Waals surface area (Å²) in [6, 6.07) is 0. The lowest BCUT2D eigenvalue weighted by atomic mass is 9.59. The highest BCUT2D eigenvalue weighted by molar-refractivity contribution is 7.80. The first kappa shape index (κ1) is 13.1. The molecule has 2 atom stereocenters. The third kappa shape index (κ3) is 2.30. The van der Waals surface area contributed by atoms with Crippen molar-refractivity contribution < 1.29 is 18.3 Å². The molecular weight excluding hydrogens is 249 g/mol. The number of allylic oxidation sites excluding steroid dienone is 2. The molecule has 1 fully saturated rings. The van der Waals surface area contributed by atoms with Gasteiger partial charge < -0.3 is 5.11 Å². The molecule has 0 aromatic carbocycles. The molecule has 0 aromatic heterocycles. The van der Waals surface area contributed by atoms with Gasteiger partial charge in [0.05, 0.1) is 11.7 Å². The van der Waals surface area contributed by atoms with E-state index >= 15 is 0 Å². The Balaban J connectivity index is 2.30. The lowest BCUT2D eigenvalue weighted by molar-refractivity contribution is -0.205. The molecule has 2 aliphatic carbocycles. The molecule has 1 saturated carbocycles. The van der Waals surface area contributed by atoms with Crippen LogP contribution in [0.2, 0.25) is 0 Å². The molecule has 0 radical (unpaired) electrons. The van der Waals surface area contributed by atoms with E-state index in [4.69, 9.17) is 0 Å². The van der Waals surface area contributed by atoms with Crippen molar-refractivity contribution in [1.29, 1.82) is 0 Å². The van der Waals surface area contributed by atoms with E-state index in [1.807, 2.05) is 0 Å². The molecule has 0 saturated heterocycles. The van der Waals surface area contributed by atoms with Crippen LogP contribution in [0.4, 0.5) is 13.2 Å². The van der Waals surface area contributed by atoms with Gasteiger partial charge in [-0.25, -0.2) is 0 Å². The maximum Gasteiger partial charge on any atom is 0.393 e. The Bertz CT molecular complexity index is 337. The lowest BCUT2D eigenvalue weighted by Crippen LogP contribution is -2.44. The number of alkyl halides is 3. The summed E-state index contributed by atoms with van der Waals surface area (Å²) in [4.78, 5) is 0.